The summed E-state index contributed by atoms with van der Waals surface area (Å²) in [6.45, 7) is 0. The highest BCUT2D eigenvalue weighted by atomic mass is 16.5. The molecule has 4 nitrogen and oxygen atoms in total. The Morgan fingerprint density at radius 3 is 2.44 bits per heavy atom. The Hall–Kier alpha value is -2.80. The van der Waals surface area contributed by atoms with Gasteiger partial charge >= 0.3 is 5.97 Å². The molecule has 0 bridgehead atoms. The third kappa shape index (κ3) is 2.30. The van der Waals surface area contributed by atoms with Crippen LogP contribution in [-0.2, 0) is 0 Å². The van der Waals surface area contributed by atoms with Crippen molar-refractivity contribution in [2.24, 2.45) is 0 Å². The topological polar surface area (TPSA) is 70.3 Å². The maximum Gasteiger partial charge on any atom is 0.339 e. The van der Waals surface area contributed by atoms with Crippen LogP contribution in [0.2, 0.25) is 0 Å². The first-order valence-electron chi connectivity index (χ1n) is 5.21. The minimum Gasteiger partial charge on any atom is -0.478 e. The molecule has 4 heteroatoms. The zero-order valence-electron chi connectivity index (χ0n) is 9.33. The standard InChI is InChI=1S/C14H9NO3/c15-9-10-5-4-8-12(14(16)17)13(10)18-11-6-2-1-3-7-11/h1-8H,(H,16,17). The van der Waals surface area contributed by atoms with Crippen molar-refractivity contribution >= 4 is 5.97 Å². The van der Waals surface area contributed by atoms with Crippen molar-refractivity contribution in [2.75, 3.05) is 0 Å². The van der Waals surface area contributed by atoms with Crippen molar-refractivity contribution in [2.45, 2.75) is 0 Å². The third-order valence-electron chi connectivity index (χ3n) is 2.33. The van der Waals surface area contributed by atoms with Gasteiger partial charge in [0.2, 0.25) is 0 Å². The van der Waals surface area contributed by atoms with E-state index in [0.29, 0.717) is 5.75 Å². The van der Waals surface area contributed by atoms with E-state index >= 15 is 0 Å². The summed E-state index contributed by atoms with van der Waals surface area (Å²) in [6.07, 6.45) is 0. The van der Waals surface area contributed by atoms with Crippen molar-refractivity contribution in [1.82, 2.24) is 0 Å². The molecule has 2 aromatic rings. The number of para-hydroxylation sites is 2. The Morgan fingerprint density at radius 2 is 1.83 bits per heavy atom. The lowest BCUT2D eigenvalue weighted by Gasteiger charge is -2.09. The average Bonchev–Trinajstić information content (AvgIpc) is 2.40. The zero-order valence-corrected chi connectivity index (χ0v) is 9.33. The SMILES string of the molecule is N#Cc1cccc(C(=O)O)c1Oc1ccccc1. The van der Waals surface area contributed by atoms with Gasteiger partial charge in [0.25, 0.3) is 0 Å². The predicted molar refractivity (Wildman–Crippen MR) is 64.6 cm³/mol. The van der Waals surface area contributed by atoms with Crippen molar-refractivity contribution in [1.29, 1.82) is 5.26 Å². The van der Waals surface area contributed by atoms with Crippen LogP contribution in [0.25, 0.3) is 0 Å². The molecular weight excluding hydrogens is 230 g/mol. The minimum absolute atomic E-state index is 0.0297. The smallest absolute Gasteiger partial charge is 0.339 e. The van der Waals surface area contributed by atoms with Crippen LogP contribution in [0.5, 0.6) is 11.5 Å². The van der Waals surface area contributed by atoms with Crippen molar-refractivity contribution in [3.63, 3.8) is 0 Å². The monoisotopic (exact) mass is 239 g/mol. The van der Waals surface area contributed by atoms with Crippen LogP contribution in [0.1, 0.15) is 15.9 Å². The van der Waals surface area contributed by atoms with E-state index in [1.807, 2.05) is 12.1 Å². The molecule has 0 spiro atoms. The molecule has 2 aromatic carbocycles. The van der Waals surface area contributed by atoms with Gasteiger partial charge in [0.1, 0.15) is 17.4 Å². The number of aromatic carboxylic acids is 1. The highest BCUT2D eigenvalue weighted by Gasteiger charge is 2.16. The van der Waals surface area contributed by atoms with Crippen LogP contribution in [0.15, 0.2) is 48.5 Å². The summed E-state index contributed by atoms with van der Waals surface area (Å²) in [4.78, 5) is 11.1. The van der Waals surface area contributed by atoms with Crippen molar-refractivity contribution in [3.8, 4) is 17.6 Å². The van der Waals surface area contributed by atoms with Crippen LogP contribution in [-0.4, -0.2) is 11.1 Å². The average molecular weight is 239 g/mol. The summed E-state index contributed by atoms with van der Waals surface area (Å²) in [5.74, 6) is -0.570. The van der Waals surface area contributed by atoms with Gasteiger partial charge < -0.3 is 9.84 Å². The highest BCUT2D eigenvalue weighted by molar-refractivity contribution is 5.92. The van der Waals surface area contributed by atoms with E-state index < -0.39 is 5.97 Å². The molecule has 0 unspecified atom stereocenters. The summed E-state index contributed by atoms with van der Waals surface area (Å²) in [5, 5.41) is 18.1. The van der Waals surface area contributed by atoms with Crippen LogP contribution in [0, 0.1) is 11.3 Å². The van der Waals surface area contributed by atoms with E-state index in [0.717, 1.165) is 0 Å². The molecule has 0 aromatic heterocycles. The second-order valence-corrected chi connectivity index (χ2v) is 3.51. The van der Waals surface area contributed by atoms with Gasteiger partial charge in [-0.25, -0.2) is 4.79 Å². The summed E-state index contributed by atoms with van der Waals surface area (Å²) < 4.78 is 5.49. The number of hydrogen-bond acceptors (Lipinski definition) is 3. The molecule has 0 saturated carbocycles. The second-order valence-electron chi connectivity index (χ2n) is 3.51. The summed E-state index contributed by atoms with van der Waals surface area (Å²) in [6, 6.07) is 15.1. The Balaban J connectivity index is 2.49. The molecule has 2 rings (SSSR count). The predicted octanol–water partition coefficient (Wildman–Crippen LogP) is 3.05. The second kappa shape index (κ2) is 5.02. The van der Waals surface area contributed by atoms with Crippen LogP contribution in [0.4, 0.5) is 0 Å². The fourth-order valence-electron chi connectivity index (χ4n) is 1.51. The number of carboxylic acid groups (broad SMARTS) is 1. The number of carboxylic acids is 1. The molecule has 0 saturated heterocycles. The quantitative estimate of drug-likeness (QED) is 0.893. The molecule has 0 radical (unpaired) electrons. The normalized spacial score (nSPS) is 9.50. The van der Waals surface area contributed by atoms with E-state index in [-0.39, 0.29) is 16.9 Å². The first-order valence-corrected chi connectivity index (χ1v) is 5.21. The van der Waals surface area contributed by atoms with Gasteiger partial charge in [0.05, 0.1) is 5.56 Å². The van der Waals surface area contributed by atoms with Gasteiger partial charge in [-0.05, 0) is 24.3 Å². The molecule has 0 atom stereocenters. The number of rotatable bonds is 3. The fraction of sp³-hybridized carbons (Fsp3) is 0. The maximum atomic E-state index is 11.1. The van der Waals surface area contributed by atoms with Gasteiger partial charge in [0.15, 0.2) is 5.75 Å². The number of nitrogens with zero attached hydrogens (tertiary/aromatic N) is 1. The van der Waals surface area contributed by atoms with Gasteiger partial charge in [-0.15, -0.1) is 0 Å². The number of benzene rings is 2. The molecule has 0 aliphatic heterocycles. The first kappa shape index (κ1) is 11.7. The number of ether oxygens (including phenoxy) is 1. The molecule has 0 aliphatic rings. The van der Waals surface area contributed by atoms with Gasteiger partial charge in [-0.3, -0.25) is 0 Å². The van der Waals surface area contributed by atoms with E-state index in [9.17, 15) is 4.79 Å². The van der Waals surface area contributed by atoms with E-state index in [2.05, 4.69) is 0 Å². The highest BCUT2D eigenvalue weighted by Crippen LogP contribution is 2.28. The molecule has 18 heavy (non-hydrogen) atoms. The van der Waals surface area contributed by atoms with Gasteiger partial charge in [-0.2, -0.15) is 5.26 Å². The Labute approximate surface area is 104 Å². The largest absolute Gasteiger partial charge is 0.478 e. The number of nitriles is 1. The van der Waals surface area contributed by atoms with Crippen LogP contribution < -0.4 is 4.74 Å². The van der Waals surface area contributed by atoms with E-state index in [1.54, 1.807) is 24.3 Å². The van der Waals surface area contributed by atoms with Crippen molar-refractivity contribution in [3.05, 3.63) is 59.7 Å². The first-order chi connectivity index (χ1) is 8.72. The fourth-order valence-corrected chi connectivity index (χ4v) is 1.51. The van der Waals surface area contributed by atoms with Gasteiger partial charge in [0, 0.05) is 0 Å². The maximum absolute atomic E-state index is 11.1. The molecule has 0 aliphatic carbocycles. The third-order valence-corrected chi connectivity index (χ3v) is 2.33. The number of hydrogen-bond donors (Lipinski definition) is 1. The van der Waals surface area contributed by atoms with Crippen LogP contribution >= 0.6 is 0 Å². The lowest BCUT2D eigenvalue weighted by atomic mass is 10.1. The lowest BCUT2D eigenvalue weighted by Crippen LogP contribution is -2.01. The lowest BCUT2D eigenvalue weighted by molar-refractivity contribution is 0.0694. The number of carbonyl (C=O) groups is 1. The molecule has 0 fully saturated rings. The molecule has 0 heterocycles. The molecular formula is C14H9NO3. The van der Waals surface area contributed by atoms with E-state index in [1.165, 1.54) is 18.2 Å². The zero-order chi connectivity index (χ0) is 13.0. The van der Waals surface area contributed by atoms with Crippen LogP contribution in [0.3, 0.4) is 0 Å². The summed E-state index contributed by atoms with van der Waals surface area (Å²) >= 11 is 0. The molecule has 0 amide bonds. The molecule has 88 valence electrons. The Kier molecular flexibility index (Phi) is 3.26. The minimum atomic E-state index is -1.13. The Bertz CT molecular complexity index is 615. The van der Waals surface area contributed by atoms with Crippen molar-refractivity contribution < 1.29 is 14.6 Å². The molecule has 1 N–H and O–H groups in total. The van der Waals surface area contributed by atoms with Gasteiger partial charge in [-0.1, -0.05) is 24.3 Å². The summed E-state index contributed by atoms with van der Waals surface area (Å²) in [5.41, 5.74) is 0.164. The summed E-state index contributed by atoms with van der Waals surface area (Å²) in [7, 11) is 0. The van der Waals surface area contributed by atoms with E-state index in [4.69, 9.17) is 15.1 Å². The Morgan fingerprint density at radius 1 is 1.11 bits per heavy atom.